The molecule has 4 aliphatic rings. The van der Waals surface area contributed by atoms with E-state index in [0.717, 1.165) is 37.0 Å². The van der Waals surface area contributed by atoms with Crippen molar-refractivity contribution in [2.75, 3.05) is 0 Å². The van der Waals surface area contributed by atoms with Crippen molar-refractivity contribution in [3.8, 4) is 0 Å². The van der Waals surface area contributed by atoms with Gasteiger partial charge in [0.1, 0.15) is 11.7 Å². The molecule has 4 nitrogen and oxygen atoms in total. The standard InChI is InChI=1S/C15H20N2O2/c18-14(19)12(13-16-1-2-17-13)15-6-9-3-10(7-15)5-11(4-9)8-15/h1-2,9-12H,3-8H2,(H,16,17)(H,18,19). The van der Waals surface area contributed by atoms with Gasteiger partial charge in [-0.05, 0) is 61.7 Å². The van der Waals surface area contributed by atoms with Gasteiger partial charge in [-0.3, -0.25) is 4.79 Å². The van der Waals surface area contributed by atoms with E-state index < -0.39 is 11.9 Å². The summed E-state index contributed by atoms with van der Waals surface area (Å²) < 4.78 is 0. The zero-order chi connectivity index (χ0) is 13.0. The number of nitrogens with zero attached hydrogens (tertiary/aromatic N) is 1. The van der Waals surface area contributed by atoms with Crippen LogP contribution in [0.4, 0.5) is 0 Å². The van der Waals surface area contributed by atoms with Crippen LogP contribution in [0.15, 0.2) is 12.4 Å². The third-order valence-corrected chi connectivity index (χ3v) is 5.74. The first kappa shape index (κ1) is 11.5. The predicted octanol–water partition coefficient (Wildman–Crippen LogP) is 2.79. The molecule has 19 heavy (non-hydrogen) atoms. The lowest BCUT2D eigenvalue weighted by molar-refractivity contribution is -0.150. The number of aromatic amines is 1. The Bertz CT molecular complexity index is 459. The second-order valence-electron chi connectivity index (χ2n) is 7.03. The normalized spacial score (nSPS) is 41.4. The molecule has 4 saturated carbocycles. The highest BCUT2D eigenvalue weighted by atomic mass is 16.4. The summed E-state index contributed by atoms with van der Waals surface area (Å²) in [7, 11) is 0. The lowest BCUT2D eigenvalue weighted by atomic mass is 9.46. The molecule has 0 aliphatic heterocycles. The molecule has 0 spiro atoms. The Labute approximate surface area is 112 Å². The maximum Gasteiger partial charge on any atom is 0.314 e. The minimum Gasteiger partial charge on any atom is -0.481 e. The van der Waals surface area contributed by atoms with Crippen LogP contribution in [0.1, 0.15) is 50.3 Å². The molecule has 5 rings (SSSR count). The van der Waals surface area contributed by atoms with Crippen molar-refractivity contribution in [2.45, 2.75) is 44.4 Å². The van der Waals surface area contributed by atoms with Crippen LogP contribution < -0.4 is 0 Å². The van der Waals surface area contributed by atoms with Gasteiger partial charge in [-0.25, -0.2) is 4.98 Å². The molecule has 0 saturated heterocycles. The van der Waals surface area contributed by atoms with E-state index in [-0.39, 0.29) is 5.41 Å². The van der Waals surface area contributed by atoms with Crippen molar-refractivity contribution >= 4 is 5.97 Å². The smallest absolute Gasteiger partial charge is 0.314 e. The van der Waals surface area contributed by atoms with Crippen LogP contribution in [-0.4, -0.2) is 21.0 Å². The molecule has 4 aliphatic carbocycles. The van der Waals surface area contributed by atoms with Crippen LogP contribution in [0, 0.1) is 23.2 Å². The van der Waals surface area contributed by atoms with Crippen LogP contribution >= 0.6 is 0 Å². The number of H-pyrrole nitrogens is 1. The van der Waals surface area contributed by atoms with Gasteiger partial charge in [0.05, 0.1) is 0 Å². The van der Waals surface area contributed by atoms with E-state index >= 15 is 0 Å². The van der Waals surface area contributed by atoms with Crippen molar-refractivity contribution in [1.82, 2.24) is 9.97 Å². The Morgan fingerprint density at radius 2 is 1.84 bits per heavy atom. The summed E-state index contributed by atoms with van der Waals surface area (Å²) in [5.74, 6) is 1.83. The molecule has 1 atom stereocenters. The zero-order valence-corrected chi connectivity index (χ0v) is 11.0. The van der Waals surface area contributed by atoms with Crippen LogP contribution in [0.2, 0.25) is 0 Å². The summed E-state index contributed by atoms with van der Waals surface area (Å²) in [4.78, 5) is 19.2. The van der Waals surface area contributed by atoms with E-state index in [1.165, 1.54) is 19.3 Å². The fraction of sp³-hybridized carbons (Fsp3) is 0.733. The van der Waals surface area contributed by atoms with E-state index in [1.54, 1.807) is 12.4 Å². The minimum atomic E-state index is -0.697. The number of hydrogen-bond acceptors (Lipinski definition) is 2. The fourth-order valence-electron chi connectivity index (χ4n) is 5.64. The number of rotatable bonds is 3. The van der Waals surface area contributed by atoms with Gasteiger partial charge in [0.15, 0.2) is 0 Å². The monoisotopic (exact) mass is 260 g/mol. The van der Waals surface area contributed by atoms with E-state index in [4.69, 9.17) is 0 Å². The number of nitrogens with one attached hydrogen (secondary N) is 1. The van der Waals surface area contributed by atoms with E-state index in [1.807, 2.05) is 0 Å². The van der Waals surface area contributed by atoms with Gasteiger partial charge < -0.3 is 10.1 Å². The molecule has 1 aromatic rings. The molecule has 0 aromatic carbocycles. The van der Waals surface area contributed by atoms with Crippen LogP contribution in [-0.2, 0) is 4.79 Å². The largest absolute Gasteiger partial charge is 0.481 e. The molecule has 4 bridgehead atoms. The highest BCUT2D eigenvalue weighted by Gasteiger charge is 2.57. The van der Waals surface area contributed by atoms with E-state index in [0.29, 0.717) is 5.82 Å². The third kappa shape index (κ3) is 1.65. The van der Waals surface area contributed by atoms with Gasteiger partial charge in [-0.1, -0.05) is 0 Å². The fourth-order valence-corrected chi connectivity index (χ4v) is 5.64. The molecule has 1 heterocycles. The molecule has 2 N–H and O–H groups in total. The molecule has 4 heteroatoms. The third-order valence-electron chi connectivity index (χ3n) is 5.74. The average molecular weight is 260 g/mol. The molecule has 102 valence electrons. The van der Waals surface area contributed by atoms with E-state index in [2.05, 4.69) is 9.97 Å². The molecular formula is C15H20N2O2. The first-order valence-corrected chi connectivity index (χ1v) is 7.38. The number of carboxylic acids is 1. The minimum absolute atomic E-state index is 0.0293. The lowest BCUT2D eigenvalue weighted by Crippen LogP contribution is -2.50. The number of imidazole rings is 1. The van der Waals surface area contributed by atoms with Crippen molar-refractivity contribution in [1.29, 1.82) is 0 Å². The topological polar surface area (TPSA) is 66.0 Å². The second-order valence-corrected chi connectivity index (χ2v) is 7.03. The number of aliphatic carboxylic acids is 1. The number of carbonyl (C=O) groups is 1. The van der Waals surface area contributed by atoms with Crippen molar-refractivity contribution in [3.05, 3.63) is 18.2 Å². The molecular weight excluding hydrogens is 240 g/mol. The molecule has 1 unspecified atom stereocenters. The summed E-state index contributed by atoms with van der Waals surface area (Å²) in [6, 6.07) is 0. The summed E-state index contributed by atoms with van der Waals surface area (Å²) >= 11 is 0. The SMILES string of the molecule is O=C(O)C(c1ncc[nH]1)C12CC3CC(CC(C3)C1)C2. The highest BCUT2D eigenvalue weighted by Crippen LogP contribution is 2.64. The first-order valence-electron chi connectivity index (χ1n) is 7.38. The van der Waals surface area contributed by atoms with Crippen molar-refractivity contribution < 1.29 is 9.90 Å². The number of aromatic nitrogens is 2. The van der Waals surface area contributed by atoms with Crippen LogP contribution in [0.5, 0.6) is 0 Å². The van der Waals surface area contributed by atoms with Crippen molar-refractivity contribution in [3.63, 3.8) is 0 Å². The first-order chi connectivity index (χ1) is 9.16. The highest BCUT2D eigenvalue weighted by molar-refractivity contribution is 5.76. The van der Waals surface area contributed by atoms with Crippen LogP contribution in [0.3, 0.4) is 0 Å². The molecule has 1 aromatic heterocycles. The van der Waals surface area contributed by atoms with E-state index in [9.17, 15) is 9.90 Å². The quantitative estimate of drug-likeness (QED) is 0.878. The molecule has 0 radical (unpaired) electrons. The Morgan fingerprint density at radius 3 is 2.26 bits per heavy atom. The Balaban J connectivity index is 1.75. The Kier molecular flexibility index (Phi) is 2.32. The van der Waals surface area contributed by atoms with Crippen molar-refractivity contribution in [2.24, 2.45) is 23.2 Å². The Hall–Kier alpha value is -1.32. The summed E-state index contributed by atoms with van der Waals surface area (Å²) in [6.45, 7) is 0. The molecule has 0 amide bonds. The Morgan fingerprint density at radius 1 is 1.26 bits per heavy atom. The summed E-state index contributed by atoms with van der Waals surface area (Å²) in [5.41, 5.74) is -0.0293. The predicted molar refractivity (Wildman–Crippen MR) is 69.6 cm³/mol. The van der Waals surface area contributed by atoms with Gasteiger partial charge in [-0.15, -0.1) is 0 Å². The van der Waals surface area contributed by atoms with Gasteiger partial charge in [0.2, 0.25) is 0 Å². The van der Waals surface area contributed by atoms with Gasteiger partial charge in [0, 0.05) is 12.4 Å². The van der Waals surface area contributed by atoms with Crippen LogP contribution in [0.25, 0.3) is 0 Å². The number of hydrogen-bond donors (Lipinski definition) is 2. The van der Waals surface area contributed by atoms with Gasteiger partial charge >= 0.3 is 5.97 Å². The average Bonchev–Trinajstić information content (AvgIpc) is 2.79. The summed E-state index contributed by atoms with van der Waals surface area (Å²) in [6.07, 6.45) is 10.7. The maximum atomic E-state index is 11.9. The second kappa shape index (κ2) is 3.84. The molecule has 4 fully saturated rings. The lowest BCUT2D eigenvalue weighted by Gasteiger charge is -2.58. The van der Waals surface area contributed by atoms with Gasteiger partial charge in [0.25, 0.3) is 0 Å². The maximum absolute atomic E-state index is 11.9. The zero-order valence-electron chi connectivity index (χ0n) is 11.0. The van der Waals surface area contributed by atoms with Gasteiger partial charge in [-0.2, -0.15) is 0 Å². The number of carboxylic acid groups (broad SMARTS) is 1. The summed E-state index contributed by atoms with van der Waals surface area (Å²) in [5, 5.41) is 9.75.